The van der Waals surface area contributed by atoms with Crippen LogP contribution in [0.4, 0.5) is 0 Å². The number of nitrogens with one attached hydrogen (secondary N) is 1. The average molecular weight is 279 g/mol. The zero-order valence-electron chi connectivity index (χ0n) is 13.7. The summed E-state index contributed by atoms with van der Waals surface area (Å²) in [4.78, 5) is 0. The van der Waals surface area contributed by atoms with E-state index >= 15 is 0 Å². The zero-order chi connectivity index (χ0) is 15.2. The molecule has 1 aromatic carbocycles. The van der Waals surface area contributed by atoms with E-state index in [2.05, 4.69) is 57.3 Å². The third kappa shape index (κ3) is 5.23. The first kappa shape index (κ1) is 17.2. The van der Waals surface area contributed by atoms with E-state index in [9.17, 15) is 0 Å². The van der Waals surface area contributed by atoms with Gasteiger partial charge in [0.1, 0.15) is 0 Å². The molecule has 0 aliphatic heterocycles. The lowest BCUT2D eigenvalue weighted by atomic mass is 9.86. The second kappa shape index (κ2) is 7.77. The van der Waals surface area contributed by atoms with Crippen LogP contribution in [0.1, 0.15) is 44.9 Å². The lowest BCUT2D eigenvalue weighted by molar-refractivity contribution is 0.0276. The largest absolute Gasteiger partial charge is 0.382 e. The van der Waals surface area contributed by atoms with Crippen LogP contribution >= 0.6 is 0 Å². The Labute approximate surface area is 123 Å². The highest BCUT2D eigenvalue weighted by atomic mass is 16.5. The van der Waals surface area contributed by atoms with Crippen LogP contribution in [0.15, 0.2) is 24.3 Å². The fourth-order valence-electron chi connectivity index (χ4n) is 2.09. The van der Waals surface area contributed by atoms with Crippen molar-refractivity contribution < 1.29 is 9.47 Å². The summed E-state index contributed by atoms with van der Waals surface area (Å²) < 4.78 is 10.5. The molecule has 2 atom stereocenters. The van der Waals surface area contributed by atoms with Gasteiger partial charge in [0, 0.05) is 26.8 Å². The van der Waals surface area contributed by atoms with E-state index < -0.39 is 0 Å². The van der Waals surface area contributed by atoms with Gasteiger partial charge in [-0.3, -0.25) is 0 Å². The molecule has 0 spiro atoms. The van der Waals surface area contributed by atoms with E-state index in [4.69, 9.17) is 9.47 Å². The van der Waals surface area contributed by atoms with E-state index in [0.717, 1.165) is 6.54 Å². The molecule has 0 aromatic heterocycles. The van der Waals surface area contributed by atoms with Crippen molar-refractivity contribution in [2.45, 2.75) is 45.3 Å². The quantitative estimate of drug-likeness (QED) is 0.830. The van der Waals surface area contributed by atoms with E-state index in [1.54, 1.807) is 14.2 Å². The van der Waals surface area contributed by atoms with Crippen LogP contribution in [0.25, 0.3) is 0 Å². The molecule has 1 aromatic rings. The Hall–Kier alpha value is -0.900. The minimum absolute atomic E-state index is 0.0938. The molecule has 0 heterocycles. The van der Waals surface area contributed by atoms with Crippen LogP contribution in [0.5, 0.6) is 0 Å². The molecule has 0 saturated heterocycles. The molecule has 0 radical (unpaired) electrons. The van der Waals surface area contributed by atoms with Crippen molar-refractivity contribution in [1.29, 1.82) is 0 Å². The number of hydrogen-bond acceptors (Lipinski definition) is 3. The molecule has 0 aliphatic carbocycles. The Morgan fingerprint density at radius 2 is 1.70 bits per heavy atom. The maximum Gasteiger partial charge on any atom is 0.0928 e. The molecule has 0 bridgehead atoms. The highest BCUT2D eigenvalue weighted by molar-refractivity contribution is 5.29. The predicted octanol–water partition coefficient (Wildman–Crippen LogP) is 3.30. The van der Waals surface area contributed by atoms with Crippen LogP contribution < -0.4 is 5.32 Å². The van der Waals surface area contributed by atoms with Crippen molar-refractivity contribution in [1.82, 2.24) is 5.32 Å². The van der Waals surface area contributed by atoms with E-state index in [0.29, 0.717) is 12.6 Å². The molecule has 20 heavy (non-hydrogen) atoms. The van der Waals surface area contributed by atoms with Gasteiger partial charge in [-0.1, -0.05) is 45.0 Å². The predicted molar refractivity (Wildman–Crippen MR) is 84.2 cm³/mol. The summed E-state index contributed by atoms with van der Waals surface area (Å²) in [5.41, 5.74) is 2.86. The van der Waals surface area contributed by atoms with Gasteiger partial charge >= 0.3 is 0 Å². The Morgan fingerprint density at radius 3 is 2.15 bits per heavy atom. The third-order valence-corrected chi connectivity index (χ3v) is 3.61. The summed E-state index contributed by atoms with van der Waals surface area (Å²) in [6.07, 6.45) is 0.0938. The first-order valence-electron chi connectivity index (χ1n) is 7.24. The Balaban J connectivity index is 2.57. The maximum absolute atomic E-state index is 5.35. The van der Waals surface area contributed by atoms with Gasteiger partial charge in [0.25, 0.3) is 0 Å². The van der Waals surface area contributed by atoms with Gasteiger partial charge in [-0.25, -0.2) is 0 Å². The second-order valence-corrected chi connectivity index (χ2v) is 6.31. The fraction of sp³-hybridized carbons (Fsp3) is 0.647. The fourth-order valence-corrected chi connectivity index (χ4v) is 2.09. The van der Waals surface area contributed by atoms with Crippen LogP contribution in [0.2, 0.25) is 0 Å². The number of ether oxygens (including phenoxy) is 2. The van der Waals surface area contributed by atoms with Crippen molar-refractivity contribution >= 4 is 0 Å². The summed E-state index contributed by atoms with van der Waals surface area (Å²) in [6.45, 7) is 10.3. The number of hydrogen-bond donors (Lipinski definition) is 1. The number of rotatable bonds is 7. The molecule has 3 nitrogen and oxygen atoms in total. The lowest BCUT2D eigenvalue weighted by Crippen LogP contribution is -2.33. The SMILES string of the molecule is COCC(CNC(C)c1ccc(C(C)(C)C)cc1)OC. The van der Waals surface area contributed by atoms with Crippen molar-refractivity contribution in [2.24, 2.45) is 0 Å². The summed E-state index contributed by atoms with van der Waals surface area (Å²) in [7, 11) is 3.41. The van der Waals surface area contributed by atoms with Gasteiger partial charge in [0.15, 0.2) is 0 Å². The van der Waals surface area contributed by atoms with Gasteiger partial charge < -0.3 is 14.8 Å². The molecule has 3 heteroatoms. The van der Waals surface area contributed by atoms with E-state index in [1.165, 1.54) is 11.1 Å². The van der Waals surface area contributed by atoms with Crippen LogP contribution in [0, 0.1) is 0 Å². The normalized spacial score (nSPS) is 15.1. The van der Waals surface area contributed by atoms with Crippen molar-refractivity contribution in [2.75, 3.05) is 27.4 Å². The molecule has 0 fully saturated rings. The minimum atomic E-state index is 0.0938. The second-order valence-electron chi connectivity index (χ2n) is 6.31. The third-order valence-electron chi connectivity index (χ3n) is 3.61. The molecule has 0 saturated carbocycles. The molecule has 114 valence electrons. The topological polar surface area (TPSA) is 30.5 Å². The Kier molecular flexibility index (Phi) is 6.66. The van der Waals surface area contributed by atoms with Gasteiger partial charge in [0.05, 0.1) is 12.7 Å². The zero-order valence-corrected chi connectivity index (χ0v) is 13.7. The highest BCUT2D eigenvalue weighted by Gasteiger charge is 2.14. The highest BCUT2D eigenvalue weighted by Crippen LogP contribution is 2.23. The molecule has 0 aliphatic rings. The Bertz CT molecular complexity index is 381. The van der Waals surface area contributed by atoms with Gasteiger partial charge in [-0.2, -0.15) is 0 Å². The molecule has 2 unspecified atom stereocenters. The van der Waals surface area contributed by atoms with Gasteiger partial charge in [-0.15, -0.1) is 0 Å². The smallest absolute Gasteiger partial charge is 0.0928 e. The van der Waals surface area contributed by atoms with E-state index in [1.807, 2.05) is 0 Å². The standard InChI is InChI=1S/C17H29NO2/c1-13(18-11-16(20-6)12-19-5)14-7-9-15(10-8-14)17(2,3)4/h7-10,13,16,18H,11-12H2,1-6H3. The first-order valence-corrected chi connectivity index (χ1v) is 7.24. The molecule has 1 rings (SSSR count). The molecular weight excluding hydrogens is 250 g/mol. The van der Waals surface area contributed by atoms with Crippen LogP contribution in [0.3, 0.4) is 0 Å². The monoisotopic (exact) mass is 279 g/mol. The van der Waals surface area contributed by atoms with Crippen molar-refractivity contribution in [3.05, 3.63) is 35.4 Å². The molecule has 0 amide bonds. The Morgan fingerprint density at radius 1 is 1.10 bits per heavy atom. The van der Waals surface area contributed by atoms with Crippen LogP contribution in [-0.2, 0) is 14.9 Å². The first-order chi connectivity index (χ1) is 9.38. The summed E-state index contributed by atoms with van der Waals surface area (Å²) in [6, 6.07) is 9.15. The maximum atomic E-state index is 5.35. The van der Waals surface area contributed by atoms with Crippen molar-refractivity contribution in [3.63, 3.8) is 0 Å². The average Bonchev–Trinajstić information content (AvgIpc) is 2.42. The van der Waals surface area contributed by atoms with Crippen LogP contribution in [-0.4, -0.2) is 33.5 Å². The van der Waals surface area contributed by atoms with Crippen molar-refractivity contribution in [3.8, 4) is 0 Å². The van der Waals surface area contributed by atoms with Gasteiger partial charge in [0.2, 0.25) is 0 Å². The summed E-state index contributed by atoms with van der Waals surface area (Å²) in [5.74, 6) is 0. The number of benzene rings is 1. The summed E-state index contributed by atoms with van der Waals surface area (Å²) in [5, 5.41) is 3.49. The summed E-state index contributed by atoms with van der Waals surface area (Å²) >= 11 is 0. The lowest BCUT2D eigenvalue weighted by Gasteiger charge is -2.22. The number of methoxy groups -OCH3 is 2. The molecular formula is C17H29NO2. The minimum Gasteiger partial charge on any atom is -0.382 e. The molecule has 1 N–H and O–H groups in total. The van der Waals surface area contributed by atoms with Gasteiger partial charge in [-0.05, 0) is 23.5 Å². The van der Waals surface area contributed by atoms with E-state index in [-0.39, 0.29) is 11.5 Å².